The van der Waals surface area contributed by atoms with Gasteiger partial charge in [-0.15, -0.1) is 0 Å². The highest BCUT2D eigenvalue weighted by Gasteiger charge is 2.30. The summed E-state index contributed by atoms with van der Waals surface area (Å²) in [6.45, 7) is 0.694. The van der Waals surface area contributed by atoms with E-state index >= 15 is 0 Å². The number of hydrogen-bond acceptors (Lipinski definition) is 9. The van der Waals surface area contributed by atoms with Crippen LogP contribution in [0.4, 0.5) is 5.95 Å². The molecule has 0 atom stereocenters. The van der Waals surface area contributed by atoms with Crippen molar-refractivity contribution in [1.82, 2.24) is 23.7 Å². The Bertz CT molecular complexity index is 1800. The summed E-state index contributed by atoms with van der Waals surface area (Å²) in [6.07, 6.45) is 6.11. The van der Waals surface area contributed by atoms with Crippen LogP contribution in [0, 0.1) is 11.3 Å². The minimum Gasteiger partial charge on any atom is -0.508 e. The van der Waals surface area contributed by atoms with E-state index in [1.165, 1.54) is 34.8 Å². The predicted octanol–water partition coefficient (Wildman–Crippen LogP) is 3.89. The van der Waals surface area contributed by atoms with E-state index in [-0.39, 0.29) is 16.7 Å². The van der Waals surface area contributed by atoms with E-state index in [1.54, 1.807) is 41.1 Å². The number of fused-ring (bicyclic) bond motifs is 1. The largest absolute Gasteiger partial charge is 0.508 e. The molecule has 196 valence electrons. The Morgan fingerprint density at radius 1 is 1.08 bits per heavy atom. The quantitative estimate of drug-likeness (QED) is 0.326. The van der Waals surface area contributed by atoms with Gasteiger partial charge in [0.25, 0.3) is 0 Å². The number of anilines is 1. The van der Waals surface area contributed by atoms with Gasteiger partial charge in [-0.25, -0.2) is 18.4 Å². The molecule has 2 N–H and O–H groups in total. The minimum atomic E-state index is -3.64. The third-order valence-corrected chi connectivity index (χ3v) is 8.60. The van der Waals surface area contributed by atoms with Crippen LogP contribution in [0.5, 0.6) is 5.75 Å². The van der Waals surface area contributed by atoms with E-state index in [0.717, 1.165) is 0 Å². The number of hydrogen-bond donors (Lipinski definition) is 2. The number of phenolic OH excluding ortho intramolecular Hbond substituents is 1. The SMILES string of the molecule is N#Cc1ccc(S(=O)(=O)N2CCC(Nc3nccc(-c4c(-c5cccc(O)c5)nc5occn45)n3)CC2)cc1. The molecular weight excluding hydrogens is 518 g/mol. The van der Waals surface area contributed by atoms with Crippen LogP contribution in [0.1, 0.15) is 18.4 Å². The summed E-state index contributed by atoms with van der Waals surface area (Å²) in [4.78, 5) is 13.9. The van der Waals surface area contributed by atoms with Gasteiger partial charge >= 0.3 is 5.84 Å². The van der Waals surface area contributed by atoms with Crippen LogP contribution in [0.15, 0.2) is 82.6 Å². The lowest BCUT2D eigenvalue weighted by atomic mass is 10.1. The second kappa shape index (κ2) is 9.86. The highest BCUT2D eigenvalue weighted by molar-refractivity contribution is 7.89. The summed E-state index contributed by atoms with van der Waals surface area (Å²) < 4.78 is 34.9. The molecule has 1 fully saturated rings. The number of benzene rings is 2. The summed E-state index contributed by atoms with van der Waals surface area (Å²) in [5, 5.41) is 22.3. The van der Waals surface area contributed by atoms with Gasteiger partial charge in [0.05, 0.1) is 22.2 Å². The number of nitriles is 1. The molecule has 3 aromatic heterocycles. The number of rotatable bonds is 6. The fraction of sp³-hybridized carbons (Fsp3) is 0.185. The molecule has 0 unspecified atom stereocenters. The Morgan fingerprint density at radius 3 is 2.62 bits per heavy atom. The lowest BCUT2D eigenvalue weighted by Crippen LogP contribution is -2.42. The van der Waals surface area contributed by atoms with E-state index < -0.39 is 10.0 Å². The molecule has 5 aromatic rings. The van der Waals surface area contributed by atoms with E-state index in [2.05, 4.69) is 15.3 Å². The van der Waals surface area contributed by atoms with Crippen LogP contribution in [0.2, 0.25) is 0 Å². The number of nitrogens with one attached hydrogen (secondary N) is 1. The number of sulfonamides is 1. The summed E-state index contributed by atoms with van der Waals surface area (Å²) in [7, 11) is -3.64. The molecule has 39 heavy (non-hydrogen) atoms. The molecule has 0 aliphatic carbocycles. The highest BCUT2D eigenvalue weighted by atomic mass is 32.2. The third kappa shape index (κ3) is 4.69. The molecule has 0 bridgehead atoms. The highest BCUT2D eigenvalue weighted by Crippen LogP contribution is 2.34. The Labute approximate surface area is 224 Å². The van der Waals surface area contributed by atoms with E-state index in [9.17, 15) is 13.5 Å². The molecule has 1 saturated heterocycles. The maximum absolute atomic E-state index is 13.0. The molecule has 6 rings (SSSR count). The fourth-order valence-corrected chi connectivity index (χ4v) is 6.19. The van der Waals surface area contributed by atoms with Crippen molar-refractivity contribution in [3.05, 3.63) is 78.8 Å². The number of nitrogens with zero attached hydrogens (tertiary/aromatic N) is 6. The number of piperidine rings is 1. The predicted molar refractivity (Wildman–Crippen MR) is 142 cm³/mol. The first kappa shape index (κ1) is 24.6. The molecule has 12 heteroatoms. The van der Waals surface area contributed by atoms with Crippen molar-refractivity contribution in [3.63, 3.8) is 0 Å². The summed E-state index contributed by atoms with van der Waals surface area (Å²) in [5.74, 6) is 0.939. The van der Waals surface area contributed by atoms with Crippen LogP contribution in [-0.2, 0) is 10.0 Å². The standard InChI is InChI=1S/C27H23N7O4S/c28-17-18-4-6-22(7-5-18)39(36,37)33-12-9-20(10-13-33)30-26-29-11-8-23(31-26)25-24(19-2-1-3-21(35)16-19)32-27-34(25)14-15-38-27/h1-8,11,14-16,20,35H,9-10,12-13H2,(H,29,30,31). The smallest absolute Gasteiger partial charge is 0.306 e. The first-order valence-electron chi connectivity index (χ1n) is 12.3. The Morgan fingerprint density at radius 2 is 1.87 bits per heavy atom. The number of oxazole rings is 1. The molecule has 0 radical (unpaired) electrons. The van der Waals surface area contributed by atoms with Crippen molar-refractivity contribution < 1.29 is 17.9 Å². The van der Waals surface area contributed by atoms with Crippen LogP contribution in [0.25, 0.3) is 28.5 Å². The number of aromatic nitrogens is 4. The van der Waals surface area contributed by atoms with Crippen molar-refractivity contribution in [2.24, 2.45) is 0 Å². The average Bonchev–Trinajstić information content (AvgIpc) is 3.55. The number of phenols is 1. The number of aromatic hydroxyl groups is 1. The van der Waals surface area contributed by atoms with Crippen LogP contribution < -0.4 is 5.32 Å². The maximum atomic E-state index is 13.0. The molecule has 2 aromatic carbocycles. The normalized spacial score (nSPS) is 14.8. The van der Waals surface area contributed by atoms with Crippen molar-refractivity contribution in [2.45, 2.75) is 23.8 Å². The first-order valence-corrected chi connectivity index (χ1v) is 13.7. The zero-order chi connectivity index (χ0) is 27.0. The average molecular weight is 542 g/mol. The van der Waals surface area contributed by atoms with Gasteiger partial charge in [-0.2, -0.15) is 14.6 Å². The molecule has 1 aliphatic heterocycles. The van der Waals surface area contributed by atoms with Gasteiger partial charge < -0.3 is 14.8 Å². The van der Waals surface area contributed by atoms with E-state index in [4.69, 9.17) is 14.7 Å². The van der Waals surface area contributed by atoms with Gasteiger partial charge in [0.15, 0.2) is 0 Å². The van der Waals surface area contributed by atoms with Crippen LogP contribution in [0.3, 0.4) is 0 Å². The topological polar surface area (TPSA) is 150 Å². The zero-order valence-corrected chi connectivity index (χ0v) is 21.4. The molecule has 0 saturated carbocycles. The fourth-order valence-electron chi connectivity index (χ4n) is 4.72. The molecular formula is C27H23N7O4S. The van der Waals surface area contributed by atoms with Crippen molar-refractivity contribution in [3.8, 4) is 34.5 Å². The Hall–Kier alpha value is -4.73. The van der Waals surface area contributed by atoms with Crippen LogP contribution >= 0.6 is 0 Å². The van der Waals surface area contributed by atoms with Gasteiger partial charge in [-0.1, -0.05) is 12.1 Å². The maximum Gasteiger partial charge on any atom is 0.306 e. The molecule has 11 nitrogen and oxygen atoms in total. The second-order valence-corrected chi connectivity index (χ2v) is 11.1. The third-order valence-electron chi connectivity index (χ3n) is 6.69. The monoisotopic (exact) mass is 541 g/mol. The lowest BCUT2D eigenvalue weighted by molar-refractivity contribution is 0.329. The molecule has 1 aliphatic rings. The number of imidazole rings is 1. The zero-order valence-electron chi connectivity index (χ0n) is 20.6. The summed E-state index contributed by atoms with van der Waals surface area (Å²) in [5.41, 5.74) is 3.04. The van der Waals surface area contributed by atoms with Gasteiger partial charge in [0, 0.05) is 37.1 Å². The van der Waals surface area contributed by atoms with E-state index in [1.807, 2.05) is 12.1 Å². The van der Waals surface area contributed by atoms with Crippen LogP contribution in [-0.4, -0.2) is 56.3 Å². The summed E-state index contributed by atoms with van der Waals surface area (Å²) in [6, 6.07) is 16.5. The second-order valence-electron chi connectivity index (χ2n) is 9.14. The van der Waals surface area contributed by atoms with Gasteiger partial charge in [-0.3, -0.25) is 4.40 Å². The molecule has 0 spiro atoms. The van der Waals surface area contributed by atoms with Gasteiger partial charge in [0.1, 0.15) is 23.4 Å². The van der Waals surface area contributed by atoms with Crippen molar-refractivity contribution in [1.29, 1.82) is 5.26 Å². The summed E-state index contributed by atoms with van der Waals surface area (Å²) >= 11 is 0. The Balaban J connectivity index is 1.20. The van der Waals surface area contributed by atoms with Crippen molar-refractivity contribution >= 4 is 21.8 Å². The van der Waals surface area contributed by atoms with Gasteiger partial charge in [-0.05, 0) is 55.3 Å². The first-order chi connectivity index (χ1) is 18.9. The lowest BCUT2D eigenvalue weighted by Gasteiger charge is -2.31. The molecule has 0 amide bonds. The molecule has 4 heterocycles. The van der Waals surface area contributed by atoms with Crippen molar-refractivity contribution in [2.75, 3.05) is 18.4 Å². The Kier molecular flexibility index (Phi) is 6.22. The van der Waals surface area contributed by atoms with Gasteiger partial charge in [0.2, 0.25) is 16.0 Å². The van der Waals surface area contributed by atoms with E-state index in [0.29, 0.717) is 65.9 Å². The minimum absolute atomic E-state index is 0.0161.